The molecule has 6 heteroatoms. The maximum atomic E-state index is 10.3. The van der Waals surface area contributed by atoms with Crippen molar-refractivity contribution >= 4 is 51.9 Å². The molecule has 0 bridgehead atoms. The van der Waals surface area contributed by atoms with Crippen molar-refractivity contribution in [3.8, 4) is 0 Å². The van der Waals surface area contributed by atoms with Gasteiger partial charge < -0.3 is 5.32 Å². The molecule has 2 aromatic rings. The van der Waals surface area contributed by atoms with Gasteiger partial charge in [0, 0.05) is 5.69 Å². The lowest BCUT2D eigenvalue weighted by Gasteiger charge is -2.09. The lowest BCUT2D eigenvalue weighted by Crippen LogP contribution is -1.91. The molecule has 18 heavy (non-hydrogen) atoms. The van der Waals surface area contributed by atoms with Crippen LogP contribution in [0.4, 0.5) is 17.1 Å². The van der Waals surface area contributed by atoms with Crippen LogP contribution >= 0.6 is 34.8 Å². The molecule has 0 fully saturated rings. The summed E-state index contributed by atoms with van der Waals surface area (Å²) >= 11 is 17.8. The summed E-state index contributed by atoms with van der Waals surface area (Å²) < 4.78 is 0. The quantitative estimate of drug-likeness (QED) is 0.576. The summed E-state index contributed by atoms with van der Waals surface area (Å²) in [6.07, 6.45) is 0. The van der Waals surface area contributed by atoms with Crippen LogP contribution in [0, 0.1) is 4.91 Å². The van der Waals surface area contributed by atoms with Crippen molar-refractivity contribution < 1.29 is 0 Å². The largest absolute Gasteiger partial charge is 0.354 e. The van der Waals surface area contributed by atoms with Gasteiger partial charge in [-0.25, -0.2) is 0 Å². The van der Waals surface area contributed by atoms with Crippen LogP contribution < -0.4 is 5.32 Å². The number of hydrogen-bond donors (Lipinski definition) is 1. The highest BCUT2D eigenvalue weighted by atomic mass is 35.5. The normalized spacial score (nSPS) is 10.2. The van der Waals surface area contributed by atoms with E-state index in [1.807, 2.05) is 0 Å². The van der Waals surface area contributed by atoms with Crippen molar-refractivity contribution in [3.63, 3.8) is 0 Å². The average molecular weight is 302 g/mol. The van der Waals surface area contributed by atoms with E-state index in [0.29, 0.717) is 26.4 Å². The van der Waals surface area contributed by atoms with Gasteiger partial charge in [-0.2, -0.15) is 0 Å². The summed E-state index contributed by atoms with van der Waals surface area (Å²) in [5.41, 5.74) is 1.77. The molecule has 0 radical (unpaired) electrons. The number of rotatable bonds is 3. The topological polar surface area (TPSA) is 41.5 Å². The highest BCUT2D eigenvalue weighted by Crippen LogP contribution is 2.34. The van der Waals surface area contributed by atoms with Gasteiger partial charge in [0.2, 0.25) is 0 Å². The van der Waals surface area contributed by atoms with E-state index in [-0.39, 0.29) is 0 Å². The zero-order valence-corrected chi connectivity index (χ0v) is 11.2. The smallest absolute Gasteiger partial charge is 0.108 e. The fourth-order valence-electron chi connectivity index (χ4n) is 1.38. The zero-order chi connectivity index (χ0) is 13.1. The van der Waals surface area contributed by atoms with Crippen LogP contribution in [0.15, 0.2) is 41.6 Å². The van der Waals surface area contributed by atoms with Crippen LogP contribution in [0.3, 0.4) is 0 Å². The second-order valence-electron chi connectivity index (χ2n) is 3.51. The molecule has 1 N–H and O–H groups in total. The summed E-state index contributed by atoms with van der Waals surface area (Å²) in [4.78, 5) is 10.3. The van der Waals surface area contributed by atoms with Crippen LogP contribution in [0.25, 0.3) is 0 Å². The van der Waals surface area contributed by atoms with Crippen molar-refractivity contribution in [2.75, 3.05) is 5.32 Å². The third-order valence-corrected chi connectivity index (χ3v) is 3.30. The standard InChI is InChI=1S/C12H7Cl3N2O/c13-9-5-11(15)12(6-10(9)14)16-7-1-3-8(17-18)4-2-7/h1-6,16H. The highest BCUT2D eigenvalue weighted by molar-refractivity contribution is 6.44. The van der Waals surface area contributed by atoms with Crippen molar-refractivity contribution in [1.29, 1.82) is 0 Å². The SMILES string of the molecule is O=Nc1ccc(Nc2cc(Cl)c(Cl)cc2Cl)cc1. The second kappa shape index (κ2) is 5.57. The van der Waals surface area contributed by atoms with Crippen LogP contribution in [-0.2, 0) is 0 Å². The summed E-state index contributed by atoms with van der Waals surface area (Å²) in [7, 11) is 0. The Morgan fingerprint density at radius 3 is 2.11 bits per heavy atom. The molecule has 0 unspecified atom stereocenters. The summed E-state index contributed by atoms with van der Waals surface area (Å²) in [5, 5.41) is 7.16. The van der Waals surface area contributed by atoms with E-state index in [2.05, 4.69) is 10.5 Å². The number of hydrogen-bond acceptors (Lipinski definition) is 3. The van der Waals surface area contributed by atoms with E-state index >= 15 is 0 Å². The molecule has 0 saturated carbocycles. The highest BCUT2D eigenvalue weighted by Gasteiger charge is 2.06. The van der Waals surface area contributed by atoms with Gasteiger partial charge in [0.25, 0.3) is 0 Å². The molecule has 0 aliphatic carbocycles. The van der Waals surface area contributed by atoms with Gasteiger partial charge in [0.15, 0.2) is 0 Å². The Bertz CT molecular complexity index is 585. The molecule has 2 rings (SSSR count). The number of nitrogens with one attached hydrogen (secondary N) is 1. The third kappa shape index (κ3) is 2.93. The van der Waals surface area contributed by atoms with E-state index in [9.17, 15) is 4.91 Å². The molecule has 0 atom stereocenters. The molecule has 0 spiro atoms. The van der Waals surface area contributed by atoms with E-state index in [4.69, 9.17) is 34.8 Å². The molecule has 0 amide bonds. The van der Waals surface area contributed by atoms with E-state index in [1.54, 1.807) is 36.4 Å². The molecule has 2 aromatic carbocycles. The first-order chi connectivity index (χ1) is 8.60. The number of anilines is 2. The Kier molecular flexibility index (Phi) is 4.07. The fourth-order valence-corrected chi connectivity index (χ4v) is 1.97. The first kappa shape index (κ1) is 13.1. The predicted octanol–water partition coefficient (Wildman–Crippen LogP) is 5.79. The Morgan fingerprint density at radius 2 is 1.50 bits per heavy atom. The summed E-state index contributed by atoms with van der Waals surface area (Å²) in [6, 6.07) is 9.83. The minimum atomic E-state index is 0.362. The number of nitrogens with zero attached hydrogens (tertiary/aromatic N) is 1. The van der Waals surface area contributed by atoms with Crippen molar-refractivity contribution in [2.45, 2.75) is 0 Å². The molecule has 3 nitrogen and oxygen atoms in total. The molecule has 0 aromatic heterocycles. The predicted molar refractivity (Wildman–Crippen MR) is 76.7 cm³/mol. The number of nitroso groups, excluding NO2 is 1. The zero-order valence-electron chi connectivity index (χ0n) is 8.95. The molecule has 0 heterocycles. The maximum Gasteiger partial charge on any atom is 0.108 e. The molecular weight excluding hydrogens is 295 g/mol. The van der Waals surface area contributed by atoms with Crippen LogP contribution in [0.5, 0.6) is 0 Å². The lowest BCUT2D eigenvalue weighted by molar-refractivity contribution is 1.48. The molecular formula is C12H7Cl3N2O. The molecule has 0 aliphatic heterocycles. The number of halogens is 3. The van der Waals surface area contributed by atoms with Crippen molar-refractivity contribution in [2.24, 2.45) is 5.18 Å². The lowest BCUT2D eigenvalue weighted by atomic mass is 10.2. The van der Waals surface area contributed by atoms with Crippen LogP contribution in [-0.4, -0.2) is 0 Å². The van der Waals surface area contributed by atoms with Crippen LogP contribution in [0.2, 0.25) is 15.1 Å². The van der Waals surface area contributed by atoms with E-state index < -0.39 is 0 Å². The van der Waals surface area contributed by atoms with Gasteiger partial charge in [0.05, 0.1) is 20.8 Å². The van der Waals surface area contributed by atoms with Gasteiger partial charge in [-0.3, -0.25) is 0 Å². The van der Waals surface area contributed by atoms with E-state index in [1.165, 1.54) is 0 Å². The first-order valence-corrected chi connectivity index (χ1v) is 6.08. The maximum absolute atomic E-state index is 10.3. The summed E-state index contributed by atoms with van der Waals surface area (Å²) in [6.45, 7) is 0. The Balaban J connectivity index is 2.27. The Labute approximate surface area is 119 Å². The van der Waals surface area contributed by atoms with Gasteiger partial charge >= 0.3 is 0 Å². The minimum Gasteiger partial charge on any atom is -0.354 e. The molecule has 92 valence electrons. The van der Waals surface area contributed by atoms with Gasteiger partial charge in [0.1, 0.15) is 5.69 Å². The number of benzene rings is 2. The second-order valence-corrected chi connectivity index (χ2v) is 4.73. The van der Waals surface area contributed by atoms with Crippen molar-refractivity contribution in [3.05, 3.63) is 56.4 Å². The van der Waals surface area contributed by atoms with Gasteiger partial charge in [-0.1, -0.05) is 34.8 Å². The average Bonchev–Trinajstić information content (AvgIpc) is 2.37. The molecule has 0 aliphatic rings. The summed E-state index contributed by atoms with van der Waals surface area (Å²) in [5.74, 6) is 0. The Hall–Kier alpha value is -1.29. The monoisotopic (exact) mass is 300 g/mol. The Morgan fingerprint density at radius 1 is 0.889 bits per heavy atom. The third-order valence-electron chi connectivity index (χ3n) is 2.26. The van der Waals surface area contributed by atoms with E-state index in [0.717, 1.165) is 5.69 Å². The minimum absolute atomic E-state index is 0.362. The fraction of sp³-hybridized carbons (Fsp3) is 0. The molecule has 0 saturated heterocycles. The van der Waals surface area contributed by atoms with Gasteiger partial charge in [-0.05, 0) is 41.6 Å². The van der Waals surface area contributed by atoms with Crippen LogP contribution in [0.1, 0.15) is 0 Å². The van der Waals surface area contributed by atoms with Crippen molar-refractivity contribution in [1.82, 2.24) is 0 Å². The van der Waals surface area contributed by atoms with Gasteiger partial charge in [-0.15, -0.1) is 4.91 Å². The first-order valence-electron chi connectivity index (χ1n) is 4.95.